The molecule has 0 atom stereocenters. The predicted molar refractivity (Wildman–Crippen MR) is 207 cm³/mol. The van der Waals surface area contributed by atoms with Crippen molar-refractivity contribution in [2.45, 2.75) is 30.6 Å². The normalized spacial score (nSPS) is 12.0. The molecule has 0 unspecified atom stereocenters. The van der Waals surface area contributed by atoms with Crippen LogP contribution in [0.4, 0.5) is 51.2 Å². The first-order chi connectivity index (χ1) is 26.4. The molecule has 0 bridgehead atoms. The lowest BCUT2D eigenvalue weighted by Gasteiger charge is -2.10. The number of benzene rings is 5. The minimum atomic E-state index is -4.94. The van der Waals surface area contributed by atoms with E-state index in [9.17, 15) is 35.5 Å². The van der Waals surface area contributed by atoms with E-state index in [1.165, 1.54) is 32.2 Å². The quantitative estimate of drug-likeness (QED) is 0.0454. The summed E-state index contributed by atoms with van der Waals surface area (Å²) >= 11 is 0. The van der Waals surface area contributed by atoms with Gasteiger partial charge in [0.1, 0.15) is 27.7 Å². The molecule has 0 radical (unpaired) electrons. The monoisotopic (exact) mass is 799 g/mol. The van der Waals surface area contributed by atoms with Gasteiger partial charge in [-0.15, -0.1) is 15.3 Å². The lowest BCUT2D eigenvalue weighted by atomic mass is 10.1. The largest absolute Gasteiger partial charge is 0.494 e. The third-order valence-electron chi connectivity index (χ3n) is 7.73. The Morgan fingerprint density at radius 3 is 1.86 bits per heavy atom. The number of rotatable bonds is 12. The molecular weight excluding hydrogens is 767 g/mol. The molecule has 5 rings (SSSR count). The van der Waals surface area contributed by atoms with Crippen LogP contribution in [0.5, 0.6) is 5.75 Å². The van der Waals surface area contributed by atoms with Crippen molar-refractivity contribution in [2.24, 2.45) is 30.7 Å². The molecule has 0 fully saturated rings. The van der Waals surface area contributed by atoms with Crippen LogP contribution in [0.15, 0.2) is 131 Å². The highest BCUT2D eigenvalue weighted by Gasteiger charge is 2.21. The minimum Gasteiger partial charge on any atom is -0.494 e. The zero-order valence-electron chi connectivity index (χ0n) is 30.0. The van der Waals surface area contributed by atoms with Crippen LogP contribution < -0.4 is 21.1 Å². The Bertz CT molecular complexity index is 2650. The number of nitrogens with two attached hydrogens (primary N) is 1. The summed E-state index contributed by atoms with van der Waals surface area (Å²) < 4.78 is 72.4. The molecule has 0 heterocycles. The lowest BCUT2D eigenvalue weighted by Crippen LogP contribution is -2.11. The molecule has 56 heavy (non-hydrogen) atoms. The van der Waals surface area contributed by atoms with Crippen LogP contribution in [0.25, 0.3) is 0 Å². The molecule has 5 aromatic carbocycles. The zero-order chi connectivity index (χ0) is 40.8. The fourth-order valence-electron chi connectivity index (χ4n) is 4.92. The first-order valence-corrected chi connectivity index (χ1v) is 19.0. The molecular formula is C36H33N9O9S2. The predicted octanol–water partition coefficient (Wildman–Crippen LogP) is 8.84. The van der Waals surface area contributed by atoms with Crippen molar-refractivity contribution >= 4 is 83.2 Å². The summed E-state index contributed by atoms with van der Waals surface area (Å²) in [6, 6.07) is 21.4. The van der Waals surface area contributed by atoms with Crippen LogP contribution in [0.1, 0.15) is 28.4 Å². The van der Waals surface area contributed by atoms with E-state index in [-0.39, 0.29) is 45.0 Å². The Labute approximate surface area is 320 Å². The van der Waals surface area contributed by atoms with Gasteiger partial charge in [0.15, 0.2) is 0 Å². The van der Waals surface area contributed by atoms with Gasteiger partial charge in [-0.2, -0.15) is 32.2 Å². The number of aryl methyl sites for hydroxylation is 2. The third kappa shape index (κ3) is 10.3. The van der Waals surface area contributed by atoms with Crippen LogP contribution in [0.3, 0.4) is 0 Å². The van der Waals surface area contributed by atoms with Crippen molar-refractivity contribution in [3.8, 4) is 5.75 Å². The molecule has 0 aliphatic rings. The average Bonchev–Trinajstić information content (AvgIpc) is 3.13. The molecule has 2 amide bonds. The SMILES string of the molecule is COc1cc(N=Nc2cc(NC(C)=O)c(N=Nc3ccc(S(=O)(=O)O)cc3)cc2S(=O)(=O)O)c(C)cc1N=Nc1ccc(NC(=O)c2ccc(N)cc2)cc1C. The highest BCUT2D eigenvalue weighted by Crippen LogP contribution is 2.40. The van der Waals surface area contributed by atoms with Crippen LogP contribution in [-0.4, -0.2) is 44.9 Å². The maximum Gasteiger partial charge on any atom is 0.296 e. The number of anilines is 3. The van der Waals surface area contributed by atoms with Gasteiger partial charge in [0, 0.05) is 29.9 Å². The van der Waals surface area contributed by atoms with Crippen molar-refractivity contribution in [3.05, 3.63) is 108 Å². The van der Waals surface area contributed by atoms with Gasteiger partial charge in [-0.05, 0) is 110 Å². The molecule has 20 heteroatoms. The molecule has 0 aliphatic carbocycles. The van der Waals surface area contributed by atoms with E-state index in [1.807, 2.05) is 0 Å². The fraction of sp³-hybridized carbons (Fsp3) is 0.111. The van der Waals surface area contributed by atoms with Crippen molar-refractivity contribution in [2.75, 3.05) is 23.5 Å². The summed E-state index contributed by atoms with van der Waals surface area (Å²) in [4.78, 5) is 23.5. The molecule has 0 saturated carbocycles. The van der Waals surface area contributed by atoms with E-state index in [0.717, 1.165) is 29.8 Å². The molecule has 18 nitrogen and oxygen atoms in total. The topological polar surface area (TPSA) is 276 Å². The van der Waals surface area contributed by atoms with Gasteiger partial charge < -0.3 is 21.1 Å². The summed E-state index contributed by atoms with van der Waals surface area (Å²) in [6.45, 7) is 4.69. The molecule has 288 valence electrons. The van der Waals surface area contributed by atoms with Crippen LogP contribution in [0, 0.1) is 13.8 Å². The van der Waals surface area contributed by atoms with Crippen molar-refractivity contribution in [3.63, 3.8) is 0 Å². The van der Waals surface area contributed by atoms with E-state index in [4.69, 9.17) is 10.5 Å². The molecule has 6 N–H and O–H groups in total. The van der Waals surface area contributed by atoms with Crippen LogP contribution in [-0.2, 0) is 25.0 Å². The number of carbonyl (C=O) groups excluding carboxylic acids is 2. The van der Waals surface area contributed by atoms with Crippen molar-refractivity contribution in [1.82, 2.24) is 0 Å². The van der Waals surface area contributed by atoms with Gasteiger partial charge in [0.2, 0.25) is 5.91 Å². The van der Waals surface area contributed by atoms with Crippen molar-refractivity contribution in [1.29, 1.82) is 0 Å². The van der Waals surface area contributed by atoms with Crippen LogP contribution in [0.2, 0.25) is 0 Å². The molecule has 0 saturated heterocycles. The van der Waals surface area contributed by atoms with Gasteiger partial charge in [-0.1, -0.05) is 0 Å². The fourth-order valence-corrected chi connectivity index (χ4v) is 6.03. The van der Waals surface area contributed by atoms with E-state index in [2.05, 4.69) is 41.3 Å². The number of amides is 2. The number of hydrogen-bond acceptors (Lipinski definition) is 14. The van der Waals surface area contributed by atoms with Gasteiger partial charge in [0.05, 0.1) is 34.8 Å². The zero-order valence-corrected chi connectivity index (χ0v) is 31.6. The number of azo groups is 3. The smallest absolute Gasteiger partial charge is 0.296 e. The summed E-state index contributed by atoms with van der Waals surface area (Å²) in [6.07, 6.45) is 0. The molecule has 0 aromatic heterocycles. The minimum absolute atomic E-state index is 0.0465. The standard InChI is InChI=1S/C36H33N9O9S2/c1-20-15-26(39-36(47)23-5-7-24(37)8-6-23)11-14-28(20)41-44-32-16-21(2)29(18-34(32)54-4)42-45-33-17-30(38-22(3)46)31(19-35(33)56(51,52)53)43-40-25-9-12-27(13-10-25)55(48,49)50/h5-19H,37H2,1-4H3,(H,38,46)(H,39,47)(H,48,49,50)(H,51,52,53). The molecule has 5 aromatic rings. The summed E-state index contributed by atoms with van der Waals surface area (Å²) in [7, 11) is -7.99. The number of carbonyl (C=O) groups is 2. The number of ether oxygens (including phenoxy) is 1. The first kappa shape index (κ1) is 40.4. The Balaban J connectivity index is 1.41. The first-order valence-electron chi connectivity index (χ1n) is 16.1. The maximum atomic E-state index is 12.6. The number of hydrogen-bond donors (Lipinski definition) is 5. The number of methoxy groups -OCH3 is 1. The maximum absolute atomic E-state index is 12.6. The van der Waals surface area contributed by atoms with Crippen LogP contribution >= 0.6 is 0 Å². The Hall–Kier alpha value is -6.74. The number of nitrogens with one attached hydrogen (secondary N) is 2. The van der Waals surface area contributed by atoms with Gasteiger partial charge in [-0.3, -0.25) is 18.7 Å². The Morgan fingerprint density at radius 2 is 1.25 bits per heavy atom. The molecule has 0 aliphatic heterocycles. The second kappa shape index (κ2) is 16.7. The van der Waals surface area contributed by atoms with Crippen molar-refractivity contribution < 1.29 is 40.3 Å². The van der Waals surface area contributed by atoms with E-state index < -0.39 is 31.0 Å². The summed E-state index contributed by atoms with van der Waals surface area (Å²) in [5, 5.41) is 30.2. The highest BCUT2D eigenvalue weighted by atomic mass is 32.2. The highest BCUT2D eigenvalue weighted by molar-refractivity contribution is 7.86. The van der Waals surface area contributed by atoms with Gasteiger partial charge in [-0.25, -0.2) is 0 Å². The Morgan fingerprint density at radius 1 is 0.643 bits per heavy atom. The van der Waals surface area contributed by atoms with Gasteiger partial charge in [0.25, 0.3) is 26.1 Å². The third-order valence-corrected chi connectivity index (χ3v) is 9.48. The van der Waals surface area contributed by atoms with E-state index in [0.29, 0.717) is 33.9 Å². The molecule has 0 spiro atoms. The van der Waals surface area contributed by atoms with E-state index in [1.54, 1.807) is 62.4 Å². The average molecular weight is 800 g/mol. The lowest BCUT2D eigenvalue weighted by molar-refractivity contribution is -0.114. The van der Waals surface area contributed by atoms with E-state index >= 15 is 0 Å². The Kier molecular flexibility index (Phi) is 12.1. The number of nitrogen functional groups attached to an aromatic ring is 1. The summed E-state index contributed by atoms with van der Waals surface area (Å²) in [5.41, 5.74) is 9.08. The van der Waals surface area contributed by atoms with Gasteiger partial charge >= 0.3 is 0 Å². The summed E-state index contributed by atoms with van der Waals surface area (Å²) in [5.74, 6) is -0.615. The second-order valence-electron chi connectivity index (χ2n) is 12.0. The number of nitrogens with zero attached hydrogens (tertiary/aromatic N) is 6. The second-order valence-corrected chi connectivity index (χ2v) is 14.8.